The smallest absolute Gasteiger partial charge is 0.312 e. The molecular weight excluding hydrogens is 348 g/mol. The number of halogens is 1. The van der Waals surface area contributed by atoms with Gasteiger partial charge in [0.05, 0.1) is 12.1 Å². The Labute approximate surface area is 149 Å². The van der Waals surface area contributed by atoms with Crippen molar-refractivity contribution >= 4 is 34.8 Å². The normalized spacial score (nSPS) is 11.6. The summed E-state index contributed by atoms with van der Waals surface area (Å²) in [5.74, 6) is -0.854. The first-order chi connectivity index (χ1) is 11.5. The summed E-state index contributed by atoms with van der Waals surface area (Å²) in [5.41, 5.74) is 1.54. The lowest BCUT2D eigenvalue weighted by Crippen LogP contribution is -2.36. The Hall–Kier alpha value is -2.18. The number of nitrogens with zero attached hydrogens (tertiary/aromatic N) is 1. The third kappa shape index (κ3) is 5.18. The average molecular weight is 365 g/mol. The topological polar surface area (TPSA) is 68.3 Å². The molecular formula is C17H17ClN2O3S. The summed E-state index contributed by atoms with van der Waals surface area (Å²) in [7, 11) is 0. The summed E-state index contributed by atoms with van der Waals surface area (Å²) in [6.45, 7) is 5.36. The van der Waals surface area contributed by atoms with Crippen molar-refractivity contribution in [2.75, 3.05) is 6.54 Å². The van der Waals surface area contributed by atoms with Crippen molar-refractivity contribution in [2.45, 2.75) is 19.4 Å². The summed E-state index contributed by atoms with van der Waals surface area (Å²) in [6.07, 6.45) is 0.718. The lowest BCUT2D eigenvalue weighted by Gasteiger charge is -2.12. The Morgan fingerprint density at radius 3 is 2.79 bits per heavy atom. The van der Waals surface area contributed by atoms with Gasteiger partial charge in [-0.3, -0.25) is 9.59 Å². The molecule has 0 spiro atoms. The molecule has 2 aromatic rings. The molecule has 0 aliphatic carbocycles. The maximum Gasteiger partial charge on any atom is 0.312 e. The predicted octanol–water partition coefficient (Wildman–Crippen LogP) is 3.24. The summed E-state index contributed by atoms with van der Waals surface area (Å²) < 4.78 is 5.11. The summed E-state index contributed by atoms with van der Waals surface area (Å²) in [6, 6.07) is 7.32. The largest absolute Gasteiger partial charge is 0.452 e. The molecule has 7 heteroatoms. The first-order valence-electron chi connectivity index (χ1n) is 7.28. The van der Waals surface area contributed by atoms with Crippen LogP contribution in [0.15, 0.2) is 42.3 Å². The third-order valence-electron chi connectivity index (χ3n) is 3.07. The predicted molar refractivity (Wildman–Crippen MR) is 95.0 cm³/mol. The van der Waals surface area contributed by atoms with Crippen LogP contribution in [0.3, 0.4) is 0 Å². The lowest BCUT2D eigenvalue weighted by atomic mass is 10.2. The fourth-order valence-corrected chi connectivity index (χ4v) is 2.82. The molecule has 1 aromatic carbocycles. The van der Waals surface area contributed by atoms with Crippen LogP contribution in [0.2, 0.25) is 5.02 Å². The quantitative estimate of drug-likeness (QED) is 0.605. The molecule has 1 aromatic heterocycles. The molecule has 0 radical (unpaired) electrons. The van der Waals surface area contributed by atoms with Crippen LogP contribution in [0.4, 0.5) is 0 Å². The molecule has 126 valence electrons. The minimum Gasteiger partial charge on any atom is -0.452 e. The first-order valence-corrected chi connectivity index (χ1v) is 8.53. The molecule has 5 nitrogen and oxygen atoms in total. The zero-order valence-corrected chi connectivity index (χ0v) is 14.7. The Balaban J connectivity index is 1.92. The van der Waals surface area contributed by atoms with Crippen molar-refractivity contribution < 1.29 is 14.3 Å². The molecule has 0 aliphatic rings. The van der Waals surface area contributed by atoms with E-state index in [4.69, 9.17) is 16.3 Å². The van der Waals surface area contributed by atoms with E-state index in [0.29, 0.717) is 17.3 Å². The highest BCUT2D eigenvalue weighted by Crippen LogP contribution is 2.25. The summed E-state index contributed by atoms with van der Waals surface area (Å²) in [4.78, 5) is 28.0. The zero-order valence-electron chi connectivity index (χ0n) is 13.1. The van der Waals surface area contributed by atoms with Crippen LogP contribution in [0, 0.1) is 0 Å². The number of amides is 1. The van der Waals surface area contributed by atoms with Crippen LogP contribution >= 0.6 is 22.9 Å². The van der Waals surface area contributed by atoms with Crippen LogP contribution in [-0.2, 0) is 20.7 Å². The molecule has 0 saturated heterocycles. The van der Waals surface area contributed by atoms with Gasteiger partial charge in [0.15, 0.2) is 6.10 Å². The second kappa shape index (κ2) is 8.61. The van der Waals surface area contributed by atoms with Crippen LogP contribution in [0.5, 0.6) is 0 Å². The van der Waals surface area contributed by atoms with Crippen molar-refractivity contribution in [3.05, 3.63) is 53.0 Å². The molecule has 1 atom stereocenters. The van der Waals surface area contributed by atoms with Gasteiger partial charge in [0, 0.05) is 22.5 Å². The molecule has 0 aliphatic heterocycles. The van der Waals surface area contributed by atoms with Crippen molar-refractivity contribution in [1.82, 2.24) is 10.3 Å². The van der Waals surface area contributed by atoms with Crippen molar-refractivity contribution in [3.63, 3.8) is 0 Å². The number of hydrogen-bond donors (Lipinski definition) is 1. The molecule has 0 bridgehead atoms. The Morgan fingerprint density at radius 1 is 1.42 bits per heavy atom. The standard InChI is InChI=1S/C17H17ClN2O3S/c1-3-8-19-16(22)11(2)23-15(21)9-14-10-24-17(20-14)12-4-6-13(18)7-5-12/h3-7,10-11H,1,8-9H2,2H3,(H,19,22)/t11-/m0/s1. The van der Waals surface area contributed by atoms with Gasteiger partial charge < -0.3 is 10.1 Å². The Morgan fingerprint density at radius 2 is 2.12 bits per heavy atom. The van der Waals surface area contributed by atoms with Gasteiger partial charge in [-0.25, -0.2) is 4.98 Å². The fraction of sp³-hybridized carbons (Fsp3) is 0.235. The number of thiazole rings is 1. The zero-order chi connectivity index (χ0) is 17.5. The van der Waals surface area contributed by atoms with E-state index in [2.05, 4.69) is 16.9 Å². The lowest BCUT2D eigenvalue weighted by molar-refractivity contribution is -0.154. The Bertz CT molecular complexity index is 728. The van der Waals surface area contributed by atoms with Crippen LogP contribution in [0.1, 0.15) is 12.6 Å². The maximum absolute atomic E-state index is 11.9. The van der Waals surface area contributed by atoms with E-state index in [1.54, 1.807) is 23.6 Å². The van der Waals surface area contributed by atoms with Gasteiger partial charge in [0.25, 0.3) is 5.91 Å². The number of carbonyl (C=O) groups is 2. The average Bonchev–Trinajstić information content (AvgIpc) is 3.01. The molecule has 0 saturated carbocycles. The van der Waals surface area contributed by atoms with E-state index < -0.39 is 12.1 Å². The highest BCUT2D eigenvalue weighted by Gasteiger charge is 2.18. The monoisotopic (exact) mass is 364 g/mol. The Kier molecular flexibility index (Phi) is 6.52. The van der Waals surface area contributed by atoms with E-state index in [9.17, 15) is 9.59 Å². The van der Waals surface area contributed by atoms with E-state index in [0.717, 1.165) is 10.6 Å². The summed E-state index contributed by atoms with van der Waals surface area (Å²) >= 11 is 7.30. The molecule has 1 N–H and O–H groups in total. The van der Waals surface area contributed by atoms with E-state index in [-0.39, 0.29) is 12.3 Å². The van der Waals surface area contributed by atoms with E-state index in [1.165, 1.54) is 18.3 Å². The number of esters is 1. The number of hydrogen-bond acceptors (Lipinski definition) is 5. The molecule has 0 fully saturated rings. The van der Waals surface area contributed by atoms with Crippen molar-refractivity contribution in [2.24, 2.45) is 0 Å². The van der Waals surface area contributed by atoms with Gasteiger partial charge in [-0.05, 0) is 19.1 Å². The number of ether oxygens (including phenoxy) is 1. The van der Waals surface area contributed by atoms with Gasteiger partial charge in [-0.15, -0.1) is 17.9 Å². The highest BCUT2D eigenvalue weighted by molar-refractivity contribution is 7.13. The van der Waals surface area contributed by atoms with Crippen molar-refractivity contribution in [3.8, 4) is 10.6 Å². The summed E-state index contributed by atoms with van der Waals surface area (Å²) in [5, 5.41) is 5.83. The molecule has 2 rings (SSSR count). The fourth-order valence-electron chi connectivity index (χ4n) is 1.87. The molecule has 24 heavy (non-hydrogen) atoms. The van der Waals surface area contributed by atoms with E-state index in [1.807, 2.05) is 12.1 Å². The number of benzene rings is 1. The van der Waals surface area contributed by atoms with Crippen LogP contribution in [0.25, 0.3) is 10.6 Å². The minimum absolute atomic E-state index is 0.0170. The van der Waals surface area contributed by atoms with Crippen LogP contribution < -0.4 is 5.32 Å². The van der Waals surface area contributed by atoms with Gasteiger partial charge in [0.1, 0.15) is 5.01 Å². The second-order valence-corrected chi connectivity index (χ2v) is 6.29. The van der Waals surface area contributed by atoms with Crippen molar-refractivity contribution in [1.29, 1.82) is 0 Å². The highest BCUT2D eigenvalue weighted by atomic mass is 35.5. The minimum atomic E-state index is -0.855. The SMILES string of the molecule is C=CCNC(=O)[C@H](C)OC(=O)Cc1csc(-c2ccc(Cl)cc2)n1. The van der Waals surface area contributed by atoms with E-state index >= 15 is 0 Å². The first kappa shape index (κ1) is 18.2. The van der Waals surface area contributed by atoms with Gasteiger partial charge in [0.2, 0.25) is 0 Å². The number of aromatic nitrogens is 1. The van der Waals surface area contributed by atoms with Gasteiger partial charge in [-0.1, -0.05) is 29.8 Å². The third-order valence-corrected chi connectivity index (χ3v) is 4.26. The second-order valence-electron chi connectivity index (χ2n) is 4.99. The van der Waals surface area contributed by atoms with Gasteiger partial charge >= 0.3 is 5.97 Å². The molecule has 1 heterocycles. The van der Waals surface area contributed by atoms with Crippen LogP contribution in [-0.4, -0.2) is 29.5 Å². The van der Waals surface area contributed by atoms with Gasteiger partial charge in [-0.2, -0.15) is 0 Å². The molecule has 1 amide bonds. The number of nitrogens with one attached hydrogen (secondary N) is 1. The number of rotatable bonds is 7. The number of carbonyl (C=O) groups excluding carboxylic acids is 2. The maximum atomic E-state index is 11.9. The molecule has 0 unspecified atom stereocenters.